The third kappa shape index (κ3) is 3.73. The van der Waals surface area contributed by atoms with Crippen LogP contribution in [0.15, 0.2) is 83.5 Å². The van der Waals surface area contributed by atoms with Crippen LogP contribution in [-0.4, -0.2) is 24.0 Å². The molecule has 0 radical (unpaired) electrons. The average molecular weight is 405 g/mol. The Morgan fingerprint density at radius 2 is 1.69 bits per heavy atom. The number of carbonyl (C=O) groups is 1. The Bertz CT molecular complexity index is 1120. The molecule has 0 saturated heterocycles. The molecule has 4 rings (SSSR count). The Balaban J connectivity index is 1.81. The molecule has 1 N–H and O–H groups in total. The molecule has 144 valence electrons. The Morgan fingerprint density at radius 3 is 2.34 bits per heavy atom. The first-order valence-corrected chi connectivity index (χ1v) is 9.27. The second kappa shape index (κ2) is 7.81. The molecular weight excluding hydrogens is 388 g/mol. The van der Waals surface area contributed by atoms with Crippen molar-refractivity contribution in [1.29, 1.82) is 0 Å². The van der Waals surface area contributed by atoms with Crippen LogP contribution in [0.4, 0.5) is 5.69 Å². The van der Waals surface area contributed by atoms with Crippen molar-refractivity contribution in [3.05, 3.63) is 94.6 Å². The molecule has 0 aromatic heterocycles. The Labute approximate surface area is 173 Å². The normalized spacial score (nSPS) is 15.0. The molecule has 1 aliphatic rings. The highest BCUT2D eigenvalue weighted by atomic mass is 35.5. The van der Waals surface area contributed by atoms with Crippen LogP contribution in [0.25, 0.3) is 6.08 Å². The smallest absolute Gasteiger partial charge is 0.282 e. The summed E-state index contributed by atoms with van der Waals surface area (Å²) in [4.78, 5) is 19.3. The third-order valence-corrected chi connectivity index (χ3v) is 4.83. The van der Waals surface area contributed by atoms with Gasteiger partial charge < -0.3 is 9.84 Å². The molecule has 0 unspecified atom stereocenters. The molecule has 29 heavy (non-hydrogen) atoms. The molecular formula is C23H17ClN2O3. The standard InChI is InChI=1S/C23H17ClN2O3/c1-29-18-12-6-15(7-13-18)14-21-23(28)26(16-8-10-17(27)11-9-16)22(25-21)19-4-2-3-5-20(19)24/h2-14,27H,1H3/b21-14+. The summed E-state index contributed by atoms with van der Waals surface area (Å²) in [6.45, 7) is 0. The van der Waals surface area contributed by atoms with Crippen molar-refractivity contribution in [2.75, 3.05) is 12.0 Å². The molecule has 6 heteroatoms. The van der Waals surface area contributed by atoms with Gasteiger partial charge in [0.15, 0.2) is 0 Å². The first kappa shape index (κ1) is 18.8. The summed E-state index contributed by atoms with van der Waals surface area (Å²) < 4.78 is 5.17. The van der Waals surface area contributed by atoms with Crippen molar-refractivity contribution < 1.29 is 14.6 Å². The van der Waals surface area contributed by atoms with Gasteiger partial charge in [-0.2, -0.15) is 0 Å². The fraction of sp³-hybridized carbons (Fsp3) is 0.0435. The molecule has 0 aliphatic carbocycles. The highest BCUT2D eigenvalue weighted by Gasteiger charge is 2.33. The van der Waals surface area contributed by atoms with Crippen LogP contribution >= 0.6 is 11.6 Å². The predicted octanol–water partition coefficient (Wildman–Crippen LogP) is 4.89. The molecule has 5 nitrogen and oxygen atoms in total. The molecule has 0 fully saturated rings. The minimum Gasteiger partial charge on any atom is -0.508 e. The number of methoxy groups -OCH3 is 1. The van der Waals surface area contributed by atoms with Crippen LogP contribution in [0.5, 0.6) is 11.5 Å². The van der Waals surface area contributed by atoms with E-state index in [1.165, 1.54) is 17.0 Å². The van der Waals surface area contributed by atoms with E-state index in [0.29, 0.717) is 22.1 Å². The molecule has 0 bridgehead atoms. The number of aliphatic imine (C=N–C) groups is 1. The zero-order chi connectivity index (χ0) is 20.4. The number of anilines is 1. The number of nitrogens with zero attached hydrogens (tertiary/aromatic N) is 2. The second-order valence-electron chi connectivity index (χ2n) is 6.37. The third-order valence-electron chi connectivity index (χ3n) is 4.50. The summed E-state index contributed by atoms with van der Waals surface area (Å²) in [5.74, 6) is 1.01. The van der Waals surface area contributed by atoms with Gasteiger partial charge >= 0.3 is 0 Å². The summed E-state index contributed by atoms with van der Waals surface area (Å²) in [6.07, 6.45) is 1.72. The number of rotatable bonds is 4. The van der Waals surface area contributed by atoms with Crippen LogP contribution < -0.4 is 9.64 Å². The van der Waals surface area contributed by atoms with Crippen molar-refractivity contribution in [2.45, 2.75) is 0 Å². The number of benzene rings is 3. The molecule has 3 aromatic carbocycles. The number of amidine groups is 1. The summed E-state index contributed by atoms with van der Waals surface area (Å²) in [6, 6.07) is 21.0. The van der Waals surface area contributed by atoms with Gasteiger partial charge in [0.2, 0.25) is 0 Å². The molecule has 1 heterocycles. The van der Waals surface area contributed by atoms with E-state index in [2.05, 4.69) is 4.99 Å². The van der Waals surface area contributed by atoms with Gasteiger partial charge in [-0.05, 0) is 60.2 Å². The van der Waals surface area contributed by atoms with Crippen molar-refractivity contribution in [1.82, 2.24) is 0 Å². The number of halogens is 1. The summed E-state index contributed by atoms with van der Waals surface area (Å²) in [5, 5.41) is 10.1. The molecule has 0 atom stereocenters. The lowest BCUT2D eigenvalue weighted by atomic mass is 10.1. The summed E-state index contributed by atoms with van der Waals surface area (Å²) in [5.41, 5.74) is 2.35. The van der Waals surface area contributed by atoms with E-state index in [4.69, 9.17) is 16.3 Å². The first-order chi connectivity index (χ1) is 14.1. The highest BCUT2D eigenvalue weighted by Crippen LogP contribution is 2.31. The van der Waals surface area contributed by atoms with Gasteiger partial charge in [-0.15, -0.1) is 0 Å². The maximum absolute atomic E-state index is 13.2. The van der Waals surface area contributed by atoms with Gasteiger partial charge in [0.1, 0.15) is 23.0 Å². The van der Waals surface area contributed by atoms with E-state index in [-0.39, 0.29) is 17.4 Å². The summed E-state index contributed by atoms with van der Waals surface area (Å²) >= 11 is 6.38. The van der Waals surface area contributed by atoms with E-state index in [1.54, 1.807) is 31.4 Å². The molecule has 0 spiro atoms. The highest BCUT2D eigenvalue weighted by molar-refractivity contribution is 6.39. The number of phenols is 1. The van der Waals surface area contributed by atoms with E-state index >= 15 is 0 Å². The minimum absolute atomic E-state index is 0.116. The van der Waals surface area contributed by atoms with Gasteiger partial charge in [0.25, 0.3) is 5.91 Å². The van der Waals surface area contributed by atoms with Gasteiger partial charge in [0, 0.05) is 5.56 Å². The SMILES string of the molecule is COc1ccc(/C=C2/N=C(c3ccccc3Cl)N(c3ccc(O)cc3)C2=O)cc1. The van der Waals surface area contributed by atoms with E-state index in [0.717, 1.165) is 11.3 Å². The fourth-order valence-corrected chi connectivity index (χ4v) is 3.26. The Kier molecular flexibility index (Phi) is 5.06. The lowest BCUT2D eigenvalue weighted by molar-refractivity contribution is -0.113. The number of amides is 1. The Morgan fingerprint density at radius 1 is 1.00 bits per heavy atom. The number of aromatic hydroxyl groups is 1. The van der Waals surface area contributed by atoms with Crippen molar-refractivity contribution in [2.24, 2.45) is 4.99 Å². The van der Waals surface area contributed by atoms with Gasteiger partial charge in [-0.1, -0.05) is 35.9 Å². The van der Waals surface area contributed by atoms with Crippen molar-refractivity contribution in [3.8, 4) is 11.5 Å². The largest absolute Gasteiger partial charge is 0.508 e. The van der Waals surface area contributed by atoms with Crippen molar-refractivity contribution >= 4 is 35.1 Å². The maximum Gasteiger partial charge on any atom is 0.282 e. The van der Waals surface area contributed by atoms with E-state index < -0.39 is 0 Å². The number of carbonyl (C=O) groups excluding carboxylic acids is 1. The summed E-state index contributed by atoms with van der Waals surface area (Å²) in [7, 11) is 1.60. The Hall–Kier alpha value is -3.57. The average Bonchev–Trinajstić information content (AvgIpc) is 3.05. The minimum atomic E-state index is -0.276. The number of ether oxygens (including phenoxy) is 1. The zero-order valence-corrected chi connectivity index (χ0v) is 16.3. The molecule has 1 amide bonds. The van der Waals surface area contributed by atoms with Crippen LogP contribution in [0.3, 0.4) is 0 Å². The van der Waals surface area contributed by atoms with Gasteiger partial charge in [0.05, 0.1) is 17.8 Å². The lowest BCUT2D eigenvalue weighted by Gasteiger charge is -2.19. The molecule has 3 aromatic rings. The maximum atomic E-state index is 13.2. The van der Waals surface area contributed by atoms with E-state index in [9.17, 15) is 9.90 Å². The molecule has 0 saturated carbocycles. The predicted molar refractivity (Wildman–Crippen MR) is 115 cm³/mol. The van der Waals surface area contributed by atoms with Gasteiger partial charge in [-0.3, -0.25) is 9.69 Å². The first-order valence-electron chi connectivity index (χ1n) is 8.89. The van der Waals surface area contributed by atoms with E-state index in [1.807, 2.05) is 42.5 Å². The topological polar surface area (TPSA) is 62.1 Å². The monoisotopic (exact) mass is 404 g/mol. The van der Waals surface area contributed by atoms with Crippen molar-refractivity contribution in [3.63, 3.8) is 0 Å². The van der Waals surface area contributed by atoms with Crippen LogP contribution in [0, 0.1) is 0 Å². The number of hydrogen-bond acceptors (Lipinski definition) is 4. The second-order valence-corrected chi connectivity index (χ2v) is 6.78. The van der Waals surface area contributed by atoms with Gasteiger partial charge in [-0.25, -0.2) is 4.99 Å². The number of hydrogen-bond donors (Lipinski definition) is 1. The molecule has 1 aliphatic heterocycles. The van der Waals surface area contributed by atoms with Crippen LogP contribution in [0.1, 0.15) is 11.1 Å². The number of phenolic OH excluding ortho intramolecular Hbond substituents is 1. The van der Waals surface area contributed by atoms with Crippen LogP contribution in [-0.2, 0) is 4.79 Å². The lowest BCUT2D eigenvalue weighted by Crippen LogP contribution is -2.32. The van der Waals surface area contributed by atoms with Crippen LogP contribution in [0.2, 0.25) is 5.02 Å². The quantitative estimate of drug-likeness (QED) is 0.630. The zero-order valence-electron chi connectivity index (χ0n) is 15.5. The fourth-order valence-electron chi connectivity index (χ4n) is 3.04.